The van der Waals surface area contributed by atoms with Crippen LogP contribution < -0.4 is 4.74 Å². The van der Waals surface area contributed by atoms with Crippen molar-refractivity contribution in [2.24, 2.45) is 5.41 Å². The van der Waals surface area contributed by atoms with Crippen molar-refractivity contribution in [3.63, 3.8) is 0 Å². The summed E-state index contributed by atoms with van der Waals surface area (Å²) >= 11 is 0. The molecule has 1 atom stereocenters. The SMILES string of the molecule is C=C[C@](CC)(CCCOCc1ccc(OC)cc1)COC(c1ccccc1)(c1ccccc1)c1ccccc1. The highest BCUT2D eigenvalue weighted by atomic mass is 16.5. The second-order valence-corrected chi connectivity index (χ2v) is 9.99. The van der Waals surface area contributed by atoms with E-state index in [1.54, 1.807) is 7.11 Å². The first-order valence-corrected chi connectivity index (χ1v) is 13.8. The van der Waals surface area contributed by atoms with Crippen LogP contribution in [0.1, 0.15) is 48.4 Å². The molecule has 3 nitrogen and oxygen atoms in total. The molecule has 4 aromatic rings. The molecule has 0 aliphatic heterocycles. The van der Waals surface area contributed by atoms with Gasteiger partial charge in [-0.1, -0.05) is 116 Å². The van der Waals surface area contributed by atoms with Crippen LogP contribution in [0.25, 0.3) is 0 Å². The maximum absolute atomic E-state index is 7.16. The molecule has 0 saturated carbocycles. The zero-order valence-electron chi connectivity index (χ0n) is 23.2. The molecule has 0 amide bonds. The minimum Gasteiger partial charge on any atom is -0.497 e. The van der Waals surface area contributed by atoms with E-state index in [2.05, 4.69) is 111 Å². The number of ether oxygens (including phenoxy) is 3. The smallest absolute Gasteiger partial charge is 0.143 e. The molecule has 0 heterocycles. The molecule has 0 saturated heterocycles. The van der Waals surface area contributed by atoms with Gasteiger partial charge in [-0.2, -0.15) is 0 Å². The summed E-state index contributed by atoms with van der Waals surface area (Å²) in [6.07, 6.45) is 4.88. The van der Waals surface area contributed by atoms with Gasteiger partial charge in [-0.05, 0) is 53.6 Å². The van der Waals surface area contributed by atoms with Crippen LogP contribution in [0.2, 0.25) is 0 Å². The summed E-state index contributed by atoms with van der Waals surface area (Å²) in [5, 5.41) is 0. The lowest BCUT2D eigenvalue weighted by Gasteiger charge is -2.40. The highest BCUT2D eigenvalue weighted by Gasteiger charge is 2.39. The lowest BCUT2D eigenvalue weighted by Crippen LogP contribution is -2.37. The monoisotopic (exact) mass is 520 g/mol. The van der Waals surface area contributed by atoms with Crippen LogP contribution in [0.15, 0.2) is 128 Å². The summed E-state index contributed by atoms with van der Waals surface area (Å²) in [5.41, 5.74) is 3.56. The van der Waals surface area contributed by atoms with Crippen molar-refractivity contribution in [1.29, 1.82) is 0 Å². The third kappa shape index (κ3) is 6.86. The maximum atomic E-state index is 7.16. The highest BCUT2D eigenvalue weighted by molar-refractivity contribution is 5.47. The Labute approximate surface area is 234 Å². The van der Waals surface area contributed by atoms with Crippen LogP contribution in [0.4, 0.5) is 0 Å². The Hall–Kier alpha value is -3.66. The van der Waals surface area contributed by atoms with E-state index in [4.69, 9.17) is 14.2 Å². The normalized spacial score (nSPS) is 13.0. The molecule has 0 unspecified atom stereocenters. The first-order chi connectivity index (χ1) is 19.2. The molecule has 0 aliphatic rings. The van der Waals surface area contributed by atoms with E-state index < -0.39 is 5.60 Å². The van der Waals surface area contributed by atoms with Crippen LogP contribution in [-0.2, 0) is 21.7 Å². The van der Waals surface area contributed by atoms with Crippen LogP contribution in [0, 0.1) is 5.41 Å². The maximum Gasteiger partial charge on any atom is 0.143 e. The molecular weight excluding hydrogens is 480 g/mol. The van der Waals surface area contributed by atoms with Crippen LogP contribution in [-0.4, -0.2) is 20.3 Å². The fraction of sp³-hybridized carbons (Fsp3) is 0.278. The number of rotatable bonds is 15. The largest absolute Gasteiger partial charge is 0.497 e. The topological polar surface area (TPSA) is 27.7 Å². The molecule has 0 fully saturated rings. The highest BCUT2D eigenvalue weighted by Crippen LogP contribution is 2.43. The zero-order valence-corrected chi connectivity index (χ0v) is 23.2. The van der Waals surface area contributed by atoms with Gasteiger partial charge in [0, 0.05) is 12.0 Å². The van der Waals surface area contributed by atoms with E-state index in [9.17, 15) is 0 Å². The van der Waals surface area contributed by atoms with Crippen molar-refractivity contribution < 1.29 is 14.2 Å². The van der Waals surface area contributed by atoms with Gasteiger partial charge in [-0.25, -0.2) is 0 Å². The summed E-state index contributed by atoms with van der Waals surface area (Å²) in [5.74, 6) is 0.857. The molecule has 0 aromatic heterocycles. The molecule has 0 radical (unpaired) electrons. The number of benzene rings is 4. The lowest BCUT2D eigenvalue weighted by atomic mass is 9.78. The average Bonchev–Trinajstić information content (AvgIpc) is 3.02. The quantitative estimate of drug-likeness (QED) is 0.0892. The number of methoxy groups -OCH3 is 1. The molecule has 0 N–H and O–H groups in total. The lowest BCUT2D eigenvalue weighted by molar-refractivity contribution is -0.0328. The van der Waals surface area contributed by atoms with Gasteiger partial charge < -0.3 is 14.2 Å². The van der Waals surface area contributed by atoms with E-state index in [0.29, 0.717) is 19.8 Å². The minimum absolute atomic E-state index is 0.174. The minimum atomic E-state index is -0.738. The van der Waals surface area contributed by atoms with Crippen molar-refractivity contribution in [2.45, 2.75) is 38.4 Å². The molecule has 202 valence electrons. The third-order valence-electron chi connectivity index (χ3n) is 7.65. The van der Waals surface area contributed by atoms with Crippen molar-refractivity contribution >= 4 is 0 Å². The second-order valence-electron chi connectivity index (χ2n) is 9.99. The number of hydrogen-bond acceptors (Lipinski definition) is 3. The Balaban J connectivity index is 1.52. The molecule has 0 bridgehead atoms. The Bertz CT molecular complexity index is 1160. The van der Waals surface area contributed by atoms with Crippen LogP contribution >= 0.6 is 0 Å². The Kier molecular flexibility index (Phi) is 10.1. The summed E-state index contributed by atoms with van der Waals surface area (Å²) in [6.45, 7) is 8.29. The second kappa shape index (κ2) is 13.9. The molecule has 3 heteroatoms. The fourth-order valence-electron chi connectivity index (χ4n) is 5.11. The molecule has 0 spiro atoms. The first-order valence-electron chi connectivity index (χ1n) is 13.8. The fourth-order valence-corrected chi connectivity index (χ4v) is 5.11. The predicted molar refractivity (Wildman–Crippen MR) is 160 cm³/mol. The Morgan fingerprint density at radius 2 is 1.23 bits per heavy atom. The van der Waals surface area contributed by atoms with Crippen molar-refractivity contribution in [2.75, 3.05) is 20.3 Å². The summed E-state index contributed by atoms with van der Waals surface area (Å²) < 4.78 is 18.4. The van der Waals surface area contributed by atoms with Crippen LogP contribution in [0.5, 0.6) is 5.75 Å². The molecule has 4 aromatic carbocycles. The van der Waals surface area contributed by atoms with Gasteiger partial charge in [0.05, 0.1) is 20.3 Å². The zero-order chi connectivity index (χ0) is 27.4. The Morgan fingerprint density at radius 1 is 0.718 bits per heavy atom. The van der Waals surface area contributed by atoms with Gasteiger partial charge in [0.2, 0.25) is 0 Å². The van der Waals surface area contributed by atoms with E-state index in [-0.39, 0.29) is 5.41 Å². The average molecular weight is 521 g/mol. The van der Waals surface area contributed by atoms with E-state index in [1.807, 2.05) is 24.3 Å². The molecule has 0 aliphatic carbocycles. The Morgan fingerprint density at radius 3 is 1.67 bits per heavy atom. The van der Waals surface area contributed by atoms with Gasteiger partial charge in [-0.15, -0.1) is 6.58 Å². The van der Waals surface area contributed by atoms with E-state index in [0.717, 1.165) is 47.3 Å². The summed E-state index contributed by atoms with van der Waals surface area (Å²) in [7, 11) is 1.68. The predicted octanol–water partition coefficient (Wildman–Crippen LogP) is 8.58. The van der Waals surface area contributed by atoms with E-state index in [1.165, 1.54) is 0 Å². The first kappa shape index (κ1) is 28.4. The standard InChI is InChI=1S/C36H40O3/c1-4-35(5-2,26-15-27-38-28-30-22-24-34(37-3)25-23-30)29-39-36(31-16-9-6-10-17-31,32-18-11-7-12-19-32)33-20-13-8-14-21-33/h4,6-14,16-25H,1,5,15,26-29H2,2-3H3/t35-/m0/s1. The van der Waals surface area contributed by atoms with Crippen LogP contribution in [0.3, 0.4) is 0 Å². The van der Waals surface area contributed by atoms with Crippen molar-refractivity contribution in [1.82, 2.24) is 0 Å². The van der Waals surface area contributed by atoms with Gasteiger partial charge in [0.15, 0.2) is 0 Å². The molecule has 39 heavy (non-hydrogen) atoms. The van der Waals surface area contributed by atoms with Gasteiger partial charge in [0.25, 0.3) is 0 Å². The number of hydrogen-bond donors (Lipinski definition) is 0. The summed E-state index contributed by atoms with van der Waals surface area (Å²) in [4.78, 5) is 0. The van der Waals surface area contributed by atoms with Gasteiger partial charge in [-0.3, -0.25) is 0 Å². The molecular formula is C36H40O3. The van der Waals surface area contributed by atoms with Gasteiger partial charge in [0.1, 0.15) is 11.4 Å². The summed E-state index contributed by atoms with van der Waals surface area (Å²) in [6, 6.07) is 39.6. The van der Waals surface area contributed by atoms with Gasteiger partial charge >= 0.3 is 0 Å². The van der Waals surface area contributed by atoms with Crippen molar-refractivity contribution in [3.8, 4) is 5.75 Å². The van der Waals surface area contributed by atoms with E-state index >= 15 is 0 Å². The third-order valence-corrected chi connectivity index (χ3v) is 7.65. The van der Waals surface area contributed by atoms with Crippen molar-refractivity contribution in [3.05, 3.63) is 150 Å². The molecule has 4 rings (SSSR count).